The SMILES string of the molecule is Nc1cccc(CCCOc2c(F)cc(F)cc2Br)c1. The van der Waals surface area contributed by atoms with Crippen LogP contribution in [0.5, 0.6) is 5.75 Å². The summed E-state index contributed by atoms with van der Waals surface area (Å²) >= 11 is 3.08. The van der Waals surface area contributed by atoms with E-state index < -0.39 is 11.6 Å². The first-order chi connectivity index (χ1) is 9.56. The van der Waals surface area contributed by atoms with Crippen molar-refractivity contribution >= 4 is 21.6 Å². The van der Waals surface area contributed by atoms with E-state index >= 15 is 0 Å². The third kappa shape index (κ3) is 3.93. The molecular formula is C15H14BrF2NO. The molecule has 0 bridgehead atoms. The summed E-state index contributed by atoms with van der Waals surface area (Å²) in [5.41, 5.74) is 7.51. The molecule has 0 unspecified atom stereocenters. The summed E-state index contributed by atoms with van der Waals surface area (Å²) in [5.74, 6) is -1.30. The van der Waals surface area contributed by atoms with Crippen molar-refractivity contribution < 1.29 is 13.5 Å². The number of nitrogens with two attached hydrogens (primary N) is 1. The minimum Gasteiger partial charge on any atom is -0.489 e. The molecule has 5 heteroatoms. The lowest BCUT2D eigenvalue weighted by Crippen LogP contribution is -2.02. The van der Waals surface area contributed by atoms with Crippen LogP contribution in [0.3, 0.4) is 0 Å². The molecule has 106 valence electrons. The second-order valence-corrected chi connectivity index (χ2v) is 5.25. The van der Waals surface area contributed by atoms with Crippen molar-refractivity contribution in [2.24, 2.45) is 0 Å². The Kier molecular flexibility index (Phi) is 4.95. The Bertz CT molecular complexity index is 581. The van der Waals surface area contributed by atoms with Gasteiger partial charge in [-0.3, -0.25) is 0 Å². The second kappa shape index (κ2) is 6.70. The van der Waals surface area contributed by atoms with E-state index in [-0.39, 0.29) is 10.2 Å². The highest BCUT2D eigenvalue weighted by atomic mass is 79.9. The lowest BCUT2D eigenvalue weighted by molar-refractivity contribution is 0.292. The van der Waals surface area contributed by atoms with Gasteiger partial charge in [0, 0.05) is 11.8 Å². The molecule has 0 atom stereocenters. The largest absolute Gasteiger partial charge is 0.489 e. The van der Waals surface area contributed by atoms with Gasteiger partial charge in [0.15, 0.2) is 11.6 Å². The van der Waals surface area contributed by atoms with Crippen molar-refractivity contribution in [3.63, 3.8) is 0 Å². The van der Waals surface area contributed by atoms with Gasteiger partial charge in [-0.15, -0.1) is 0 Å². The molecule has 2 aromatic carbocycles. The summed E-state index contributed by atoms with van der Waals surface area (Å²) in [7, 11) is 0. The predicted molar refractivity (Wildman–Crippen MR) is 78.7 cm³/mol. The van der Waals surface area contributed by atoms with Gasteiger partial charge in [0.25, 0.3) is 0 Å². The van der Waals surface area contributed by atoms with Crippen molar-refractivity contribution in [2.75, 3.05) is 12.3 Å². The molecule has 2 N–H and O–H groups in total. The van der Waals surface area contributed by atoms with Crippen molar-refractivity contribution in [3.8, 4) is 5.75 Å². The number of halogens is 3. The van der Waals surface area contributed by atoms with E-state index in [1.807, 2.05) is 24.3 Å². The maximum Gasteiger partial charge on any atom is 0.169 e. The Morgan fingerprint density at radius 3 is 2.65 bits per heavy atom. The minimum absolute atomic E-state index is 0.0407. The average Bonchev–Trinajstić information content (AvgIpc) is 2.36. The molecule has 0 saturated carbocycles. The quantitative estimate of drug-likeness (QED) is 0.649. The molecule has 0 fully saturated rings. The van der Waals surface area contributed by atoms with Gasteiger partial charge < -0.3 is 10.5 Å². The number of hydrogen-bond acceptors (Lipinski definition) is 2. The summed E-state index contributed by atoms with van der Waals surface area (Å²) in [6.07, 6.45) is 1.50. The Balaban J connectivity index is 1.88. The van der Waals surface area contributed by atoms with Crippen LogP contribution >= 0.6 is 15.9 Å². The van der Waals surface area contributed by atoms with Crippen molar-refractivity contribution in [2.45, 2.75) is 12.8 Å². The fourth-order valence-corrected chi connectivity index (χ4v) is 2.39. The van der Waals surface area contributed by atoms with Gasteiger partial charge in [-0.2, -0.15) is 0 Å². The van der Waals surface area contributed by atoms with Crippen LogP contribution in [-0.2, 0) is 6.42 Å². The molecule has 2 rings (SSSR count). The lowest BCUT2D eigenvalue weighted by Gasteiger charge is -2.09. The molecule has 0 heterocycles. The zero-order chi connectivity index (χ0) is 14.5. The molecular weight excluding hydrogens is 328 g/mol. The number of nitrogen functional groups attached to an aromatic ring is 1. The minimum atomic E-state index is -0.708. The van der Waals surface area contributed by atoms with Gasteiger partial charge in [0.05, 0.1) is 11.1 Å². The van der Waals surface area contributed by atoms with Gasteiger partial charge in [-0.1, -0.05) is 12.1 Å². The molecule has 2 aromatic rings. The molecule has 0 spiro atoms. The maximum absolute atomic E-state index is 13.5. The molecule has 20 heavy (non-hydrogen) atoms. The van der Waals surface area contributed by atoms with Crippen LogP contribution in [0.25, 0.3) is 0 Å². The van der Waals surface area contributed by atoms with Gasteiger partial charge in [0.1, 0.15) is 5.82 Å². The molecule has 0 aliphatic heterocycles. The first-order valence-corrected chi connectivity index (χ1v) is 6.97. The number of rotatable bonds is 5. The molecule has 0 amide bonds. The zero-order valence-corrected chi connectivity index (χ0v) is 12.3. The topological polar surface area (TPSA) is 35.2 Å². The lowest BCUT2D eigenvalue weighted by atomic mass is 10.1. The third-order valence-electron chi connectivity index (χ3n) is 2.77. The molecule has 2 nitrogen and oxygen atoms in total. The number of benzene rings is 2. The van der Waals surface area contributed by atoms with Crippen molar-refractivity contribution in [1.82, 2.24) is 0 Å². The molecule has 0 aliphatic carbocycles. The smallest absolute Gasteiger partial charge is 0.169 e. The summed E-state index contributed by atoms with van der Waals surface area (Å²) < 4.78 is 32.1. The number of anilines is 1. The van der Waals surface area contributed by atoms with Crippen molar-refractivity contribution in [1.29, 1.82) is 0 Å². The van der Waals surface area contributed by atoms with E-state index in [9.17, 15) is 8.78 Å². The first-order valence-electron chi connectivity index (χ1n) is 6.18. The maximum atomic E-state index is 13.5. The summed E-state index contributed by atoms with van der Waals surface area (Å²) in [4.78, 5) is 0. The highest BCUT2D eigenvalue weighted by Gasteiger charge is 2.10. The van der Waals surface area contributed by atoms with Gasteiger partial charge in [-0.25, -0.2) is 8.78 Å². The number of hydrogen-bond donors (Lipinski definition) is 1. The number of ether oxygens (including phenoxy) is 1. The van der Waals surface area contributed by atoms with Gasteiger partial charge in [0.2, 0.25) is 0 Å². The predicted octanol–water partition coefficient (Wildman–Crippen LogP) is 4.32. The molecule has 0 saturated heterocycles. The van der Waals surface area contributed by atoms with E-state index in [4.69, 9.17) is 10.5 Å². The Morgan fingerprint density at radius 2 is 1.95 bits per heavy atom. The fourth-order valence-electron chi connectivity index (χ4n) is 1.87. The van der Waals surface area contributed by atoms with Crippen LogP contribution in [0.2, 0.25) is 0 Å². The van der Waals surface area contributed by atoms with Gasteiger partial charge in [-0.05, 0) is 52.5 Å². The van der Waals surface area contributed by atoms with E-state index in [2.05, 4.69) is 15.9 Å². The molecule has 0 radical (unpaired) electrons. The molecule has 0 aliphatic rings. The van der Waals surface area contributed by atoms with E-state index in [0.29, 0.717) is 13.0 Å². The highest BCUT2D eigenvalue weighted by Crippen LogP contribution is 2.29. The first kappa shape index (κ1) is 14.8. The number of aryl methyl sites for hydroxylation is 1. The van der Waals surface area contributed by atoms with E-state index in [1.165, 1.54) is 6.07 Å². The monoisotopic (exact) mass is 341 g/mol. The Hall–Kier alpha value is -1.62. The average molecular weight is 342 g/mol. The van der Waals surface area contributed by atoms with E-state index in [0.717, 1.165) is 23.7 Å². The summed E-state index contributed by atoms with van der Waals surface area (Å²) in [6, 6.07) is 9.57. The summed E-state index contributed by atoms with van der Waals surface area (Å²) in [6.45, 7) is 0.343. The normalized spacial score (nSPS) is 10.6. The highest BCUT2D eigenvalue weighted by molar-refractivity contribution is 9.10. The van der Waals surface area contributed by atoms with Crippen LogP contribution < -0.4 is 10.5 Å². The second-order valence-electron chi connectivity index (χ2n) is 4.40. The van der Waals surface area contributed by atoms with Crippen LogP contribution in [0.15, 0.2) is 40.9 Å². The van der Waals surface area contributed by atoms with Crippen molar-refractivity contribution in [3.05, 3.63) is 58.1 Å². The summed E-state index contributed by atoms with van der Waals surface area (Å²) in [5, 5.41) is 0. The fraction of sp³-hybridized carbons (Fsp3) is 0.200. The van der Waals surface area contributed by atoms with Crippen LogP contribution in [0.4, 0.5) is 14.5 Å². The van der Waals surface area contributed by atoms with Crippen LogP contribution in [0, 0.1) is 11.6 Å². The Labute approximate surface area is 124 Å². The molecule has 0 aromatic heterocycles. The van der Waals surface area contributed by atoms with E-state index in [1.54, 1.807) is 0 Å². The third-order valence-corrected chi connectivity index (χ3v) is 3.36. The zero-order valence-electron chi connectivity index (χ0n) is 10.7. The Morgan fingerprint density at radius 1 is 1.15 bits per heavy atom. The standard InChI is InChI=1S/C15H14BrF2NO/c16-13-8-11(17)9-14(18)15(13)20-6-2-4-10-3-1-5-12(19)7-10/h1,3,5,7-9H,2,4,6,19H2. The van der Waals surface area contributed by atoms with Crippen LogP contribution in [-0.4, -0.2) is 6.61 Å². The van der Waals surface area contributed by atoms with Crippen LogP contribution in [0.1, 0.15) is 12.0 Å². The van der Waals surface area contributed by atoms with Gasteiger partial charge >= 0.3 is 0 Å².